The highest BCUT2D eigenvalue weighted by Gasteiger charge is 2.53. The van der Waals surface area contributed by atoms with Gasteiger partial charge in [-0.1, -0.05) is 34.9 Å². The highest BCUT2D eigenvalue weighted by atomic mass is 35.5. The van der Waals surface area contributed by atoms with E-state index in [4.69, 9.17) is 27.9 Å². The summed E-state index contributed by atoms with van der Waals surface area (Å²) in [7, 11) is 1.51. The quantitative estimate of drug-likeness (QED) is 0.308. The summed E-state index contributed by atoms with van der Waals surface area (Å²) in [6.45, 7) is 3.40. The second-order valence-corrected chi connectivity index (χ2v) is 9.55. The van der Waals surface area contributed by atoms with E-state index in [-0.39, 0.29) is 15.6 Å². The van der Waals surface area contributed by atoms with Crippen molar-refractivity contribution < 1.29 is 23.9 Å². The van der Waals surface area contributed by atoms with E-state index in [1.54, 1.807) is 24.3 Å². The number of hydrogen-bond acceptors (Lipinski definition) is 5. The van der Waals surface area contributed by atoms with E-state index in [1.165, 1.54) is 32.2 Å². The third-order valence-corrected chi connectivity index (χ3v) is 7.25. The number of hydrazine groups is 1. The van der Waals surface area contributed by atoms with E-state index in [9.17, 15) is 19.2 Å². The maximum absolute atomic E-state index is 13.7. The van der Waals surface area contributed by atoms with Crippen molar-refractivity contribution in [3.63, 3.8) is 0 Å². The fourth-order valence-electron chi connectivity index (χ4n) is 4.54. The van der Waals surface area contributed by atoms with Gasteiger partial charge < -0.3 is 4.74 Å². The van der Waals surface area contributed by atoms with Gasteiger partial charge in [0.1, 0.15) is 11.8 Å². The molecule has 3 amide bonds. The normalized spacial score (nSPS) is 20.3. The summed E-state index contributed by atoms with van der Waals surface area (Å²) in [4.78, 5) is 54.0. The van der Waals surface area contributed by atoms with Crippen LogP contribution < -0.4 is 4.74 Å². The lowest BCUT2D eigenvalue weighted by atomic mass is 9.82. The Hall–Kier alpha value is -3.16. The average molecular weight is 515 g/mol. The van der Waals surface area contributed by atoms with Gasteiger partial charge in [-0.15, -0.1) is 0 Å². The van der Waals surface area contributed by atoms with E-state index in [0.29, 0.717) is 24.2 Å². The number of allylic oxidation sites excluding steroid dienone is 2. The molecule has 0 N–H and O–H groups in total. The zero-order valence-electron chi connectivity index (χ0n) is 19.5. The number of ether oxygens (including phenoxy) is 1. The molecule has 0 aromatic heterocycles. The third kappa shape index (κ3) is 4.58. The molecule has 0 spiro atoms. The SMILES string of the molecule is COc1ccc(C(=O)[C@H](C)N(C(=O)c2ccc(Cl)c(Cl)c2)N2C(=O)[C@H]3CC(C)=CC[C@H]3C2=O)cc1. The van der Waals surface area contributed by atoms with Crippen LogP contribution in [0.4, 0.5) is 0 Å². The topological polar surface area (TPSA) is 84.0 Å². The Kier molecular flexibility index (Phi) is 7.01. The van der Waals surface area contributed by atoms with Gasteiger partial charge in [-0.3, -0.25) is 19.2 Å². The van der Waals surface area contributed by atoms with Crippen molar-refractivity contribution in [2.24, 2.45) is 11.8 Å². The van der Waals surface area contributed by atoms with E-state index in [0.717, 1.165) is 15.6 Å². The van der Waals surface area contributed by atoms with Crippen LogP contribution in [0.2, 0.25) is 10.0 Å². The molecule has 0 saturated carbocycles. The second kappa shape index (κ2) is 9.84. The van der Waals surface area contributed by atoms with Gasteiger partial charge in [-0.05, 0) is 69.2 Å². The minimum absolute atomic E-state index is 0.0959. The number of ketones is 1. The average Bonchev–Trinajstić information content (AvgIpc) is 3.09. The molecule has 35 heavy (non-hydrogen) atoms. The number of nitrogens with zero attached hydrogens (tertiary/aromatic N) is 2. The highest BCUT2D eigenvalue weighted by molar-refractivity contribution is 6.42. The predicted molar refractivity (Wildman–Crippen MR) is 131 cm³/mol. The van der Waals surface area contributed by atoms with Crippen LogP contribution in [-0.2, 0) is 9.59 Å². The van der Waals surface area contributed by atoms with Gasteiger partial charge in [0.05, 0.1) is 29.0 Å². The molecule has 0 unspecified atom stereocenters. The first-order chi connectivity index (χ1) is 16.6. The van der Waals surface area contributed by atoms with Crippen LogP contribution in [-0.4, -0.2) is 46.7 Å². The summed E-state index contributed by atoms with van der Waals surface area (Å²) in [6.07, 6.45) is 2.78. The summed E-state index contributed by atoms with van der Waals surface area (Å²) in [5.74, 6) is -2.70. The molecular weight excluding hydrogens is 491 g/mol. The molecule has 4 rings (SSSR count). The number of hydrogen-bond donors (Lipinski definition) is 0. The summed E-state index contributed by atoms with van der Waals surface area (Å²) < 4.78 is 5.14. The largest absolute Gasteiger partial charge is 0.497 e. The monoisotopic (exact) mass is 514 g/mol. The number of Topliss-reactive ketones (excluding diaryl/α,β-unsaturated/α-hetero) is 1. The molecule has 1 fully saturated rings. The molecule has 182 valence electrons. The number of imide groups is 1. The lowest BCUT2D eigenvalue weighted by Crippen LogP contribution is -2.56. The number of benzene rings is 2. The predicted octanol–water partition coefficient (Wildman–Crippen LogP) is 4.97. The minimum Gasteiger partial charge on any atom is -0.497 e. The molecule has 2 aliphatic rings. The minimum atomic E-state index is -1.16. The zero-order chi connectivity index (χ0) is 25.4. The molecule has 2 aromatic rings. The Morgan fingerprint density at radius 3 is 2.26 bits per heavy atom. The van der Waals surface area contributed by atoms with Gasteiger partial charge >= 0.3 is 0 Å². The molecule has 9 heteroatoms. The van der Waals surface area contributed by atoms with E-state index >= 15 is 0 Å². The lowest BCUT2D eigenvalue weighted by Gasteiger charge is -2.34. The molecule has 1 aliphatic heterocycles. The maximum atomic E-state index is 13.7. The molecule has 2 aromatic carbocycles. The molecule has 7 nitrogen and oxygen atoms in total. The first-order valence-electron chi connectivity index (χ1n) is 11.1. The van der Waals surface area contributed by atoms with Crippen LogP contribution in [0.25, 0.3) is 0 Å². The first-order valence-corrected chi connectivity index (χ1v) is 11.9. The van der Waals surface area contributed by atoms with Crippen LogP contribution in [0, 0.1) is 11.8 Å². The summed E-state index contributed by atoms with van der Waals surface area (Å²) >= 11 is 12.1. The van der Waals surface area contributed by atoms with Crippen LogP contribution in [0.5, 0.6) is 5.75 Å². The molecule has 1 heterocycles. The van der Waals surface area contributed by atoms with Crippen LogP contribution in [0.1, 0.15) is 47.4 Å². The Bertz CT molecular complexity index is 1240. The Labute approximate surface area is 213 Å². The summed E-state index contributed by atoms with van der Waals surface area (Å²) in [6, 6.07) is 9.48. The second-order valence-electron chi connectivity index (χ2n) is 8.74. The molecule has 1 saturated heterocycles. The maximum Gasteiger partial charge on any atom is 0.273 e. The van der Waals surface area contributed by atoms with Gasteiger partial charge in [0, 0.05) is 11.1 Å². The Morgan fingerprint density at radius 1 is 1.00 bits per heavy atom. The number of fused-ring (bicyclic) bond motifs is 1. The third-order valence-electron chi connectivity index (χ3n) is 6.51. The highest BCUT2D eigenvalue weighted by Crippen LogP contribution is 2.39. The smallest absolute Gasteiger partial charge is 0.273 e. The standard InChI is InChI=1S/C26H24Cl2N2O5/c1-14-4-10-19-20(12-14)26(34)30(25(19)33)29(24(32)17-7-11-21(27)22(28)13-17)15(2)23(31)16-5-8-18(35-3)9-6-16/h4-9,11,13,15,19-20H,10,12H2,1-3H3/t15-,19+,20-/m0/s1. The summed E-state index contributed by atoms with van der Waals surface area (Å²) in [5.41, 5.74) is 1.41. The number of rotatable bonds is 6. The van der Waals surface area contributed by atoms with Crippen molar-refractivity contribution >= 4 is 46.7 Å². The van der Waals surface area contributed by atoms with Gasteiger partial charge in [0.2, 0.25) is 0 Å². The molecule has 0 radical (unpaired) electrons. The zero-order valence-corrected chi connectivity index (χ0v) is 21.0. The van der Waals surface area contributed by atoms with E-state index < -0.39 is 41.4 Å². The van der Waals surface area contributed by atoms with Crippen LogP contribution >= 0.6 is 23.2 Å². The van der Waals surface area contributed by atoms with Crippen LogP contribution in [0.15, 0.2) is 54.1 Å². The van der Waals surface area contributed by atoms with Crippen molar-refractivity contribution in [3.05, 3.63) is 75.3 Å². The summed E-state index contributed by atoms with van der Waals surface area (Å²) in [5, 5.41) is 2.21. The van der Waals surface area contributed by atoms with E-state index in [1.807, 2.05) is 13.0 Å². The number of methoxy groups -OCH3 is 1. The van der Waals surface area contributed by atoms with Crippen molar-refractivity contribution in [2.45, 2.75) is 32.7 Å². The number of carbonyl (C=O) groups excluding carboxylic acids is 4. The van der Waals surface area contributed by atoms with E-state index in [2.05, 4.69) is 0 Å². The lowest BCUT2D eigenvalue weighted by molar-refractivity contribution is -0.156. The molecule has 1 aliphatic carbocycles. The fourth-order valence-corrected chi connectivity index (χ4v) is 4.84. The Balaban J connectivity index is 1.75. The van der Waals surface area contributed by atoms with Gasteiger partial charge in [0.25, 0.3) is 17.7 Å². The van der Waals surface area contributed by atoms with Crippen molar-refractivity contribution in [1.82, 2.24) is 10.0 Å². The van der Waals surface area contributed by atoms with Gasteiger partial charge in [0.15, 0.2) is 5.78 Å². The molecule has 0 bridgehead atoms. The van der Waals surface area contributed by atoms with Gasteiger partial charge in [-0.25, -0.2) is 5.01 Å². The number of halogens is 2. The number of amides is 3. The number of carbonyl (C=O) groups is 4. The molecular formula is C26H24Cl2N2O5. The van der Waals surface area contributed by atoms with Crippen molar-refractivity contribution in [1.29, 1.82) is 0 Å². The first kappa shape index (κ1) is 24.9. The van der Waals surface area contributed by atoms with Crippen molar-refractivity contribution in [3.8, 4) is 5.75 Å². The van der Waals surface area contributed by atoms with Crippen molar-refractivity contribution in [2.75, 3.05) is 7.11 Å². The fraction of sp³-hybridized carbons (Fsp3) is 0.308. The molecule has 3 atom stereocenters. The van der Waals surface area contributed by atoms with Crippen LogP contribution in [0.3, 0.4) is 0 Å². The Morgan fingerprint density at radius 2 is 1.63 bits per heavy atom. The van der Waals surface area contributed by atoms with Gasteiger partial charge in [-0.2, -0.15) is 5.01 Å².